The maximum absolute atomic E-state index is 13.3. The maximum Gasteiger partial charge on any atom is 0.223 e. The van der Waals surface area contributed by atoms with E-state index in [-0.39, 0.29) is 11.8 Å². The molecule has 2 aliphatic heterocycles. The highest BCUT2D eigenvalue weighted by molar-refractivity contribution is 5.78. The highest BCUT2D eigenvalue weighted by Crippen LogP contribution is 2.39. The third-order valence-electron chi connectivity index (χ3n) is 9.52. The number of piperidine rings is 1. The number of nitrogens with one attached hydrogen (secondary N) is 1. The van der Waals surface area contributed by atoms with Crippen LogP contribution in [0.4, 0.5) is 0 Å². The Morgan fingerprint density at radius 1 is 1.03 bits per heavy atom. The van der Waals surface area contributed by atoms with Gasteiger partial charge in [0, 0.05) is 51.5 Å². The second-order valence-electron chi connectivity index (χ2n) is 12.2. The zero-order valence-corrected chi connectivity index (χ0v) is 22.6. The smallest absolute Gasteiger partial charge is 0.223 e. The second kappa shape index (κ2) is 12.7. The number of carbonyl (C=O) groups excluding carboxylic acids is 2. The third-order valence-corrected chi connectivity index (χ3v) is 9.52. The molecule has 3 fully saturated rings. The molecule has 6 heteroatoms. The van der Waals surface area contributed by atoms with E-state index < -0.39 is 0 Å². The molecule has 2 heterocycles. The van der Waals surface area contributed by atoms with Crippen LogP contribution in [0.2, 0.25) is 0 Å². The molecule has 1 unspecified atom stereocenters. The Bertz CT molecular complexity index is 731. The molecule has 4 atom stereocenters. The summed E-state index contributed by atoms with van der Waals surface area (Å²) in [6.45, 7) is 12.6. The Morgan fingerprint density at radius 3 is 2.40 bits per heavy atom. The predicted octanol–water partition coefficient (Wildman–Crippen LogP) is 3.15. The molecular weight excluding hydrogens is 436 g/mol. The minimum Gasteiger partial charge on any atom is -0.355 e. The van der Waals surface area contributed by atoms with Crippen molar-refractivity contribution in [3.63, 3.8) is 0 Å². The first kappa shape index (κ1) is 26.7. The van der Waals surface area contributed by atoms with E-state index in [1.54, 1.807) is 0 Å². The van der Waals surface area contributed by atoms with Crippen LogP contribution in [0.5, 0.6) is 0 Å². The van der Waals surface area contributed by atoms with Gasteiger partial charge in [0.25, 0.3) is 0 Å². The number of amides is 2. The Balaban J connectivity index is 1.28. The van der Waals surface area contributed by atoms with Crippen LogP contribution in [-0.4, -0.2) is 67.0 Å². The number of carbonyl (C=O) groups is 2. The molecule has 4 rings (SSSR count). The third kappa shape index (κ3) is 7.09. The summed E-state index contributed by atoms with van der Waals surface area (Å²) in [7, 11) is 0. The van der Waals surface area contributed by atoms with E-state index in [1.165, 1.54) is 50.6 Å². The van der Waals surface area contributed by atoms with Crippen LogP contribution in [0.1, 0.15) is 85.0 Å². The molecule has 4 aliphatic rings. The van der Waals surface area contributed by atoms with Gasteiger partial charge >= 0.3 is 0 Å². The Morgan fingerprint density at radius 2 is 1.74 bits per heavy atom. The zero-order chi connectivity index (χ0) is 24.8. The monoisotopic (exact) mass is 487 g/mol. The highest BCUT2D eigenvalue weighted by atomic mass is 16.2. The van der Waals surface area contributed by atoms with Crippen molar-refractivity contribution >= 4 is 11.8 Å². The number of nitrogens with zero attached hydrogens (tertiary/aromatic N) is 2. The zero-order valence-electron chi connectivity index (χ0n) is 22.6. The molecule has 35 heavy (non-hydrogen) atoms. The van der Waals surface area contributed by atoms with Crippen molar-refractivity contribution in [3.8, 4) is 0 Å². The summed E-state index contributed by atoms with van der Waals surface area (Å²) in [6, 6.07) is 0. The van der Waals surface area contributed by atoms with Crippen LogP contribution < -0.4 is 10.6 Å². The molecule has 6 nitrogen and oxygen atoms in total. The van der Waals surface area contributed by atoms with Gasteiger partial charge in [-0.25, -0.2) is 0 Å². The van der Waals surface area contributed by atoms with Gasteiger partial charge in [0.15, 0.2) is 0 Å². The molecule has 2 saturated heterocycles. The minimum absolute atomic E-state index is 0.219. The molecule has 198 valence electrons. The molecule has 1 saturated carbocycles. The molecule has 0 radical (unpaired) electrons. The van der Waals surface area contributed by atoms with Crippen molar-refractivity contribution < 1.29 is 14.9 Å². The summed E-state index contributed by atoms with van der Waals surface area (Å²) in [5, 5.41) is 5.80. The lowest BCUT2D eigenvalue weighted by molar-refractivity contribution is -0.717. The number of quaternary nitrogens is 1. The summed E-state index contributed by atoms with van der Waals surface area (Å²) in [5.41, 5.74) is 1.35. The van der Waals surface area contributed by atoms with E-state index in [0.29, 0.717) is 42.2 Å². The van der Waals surface area contributed by atoms with Gasteiger partial charge in [-0.2, -0.15) is 0 Å². The topological polar surface area (TPSA) is 69.3 Å². The minimum atomic E-state index is 0.219. The molecule has 2 amide bonds. The maximum atomic E-state index is 13.3. The molecule has 2 aliphatic carbocycles. The van der Waals surface area contributed by atoms with Gasteiger partial charge in [-0.15, -0.1) is 0 Å². The number of hydrogen-bond donors (Lipinski definition) is 2. The van der Waals surface area contributed by atoms with Crippen LogP contribution in [0.15, 0.2) is 11.6 Å². The SMILES string of the molecule is CC1=C[C@@H](CNC(=O)C2CCCCC2)[C@H](C(C)C)C[C@H]1CC(=O)N1CCN(C2CCCC[NH2+]2)CC1. The summed E-state index contributed by atoms with van der Waals surface area (Å²) in [5.74, 6) is 2.60. The number of nitrogens with two attached hydrogens (primary N) is 1. The first-order valence-electron chi connectivity index (χ1n) is 14.7. The van der Waals surface area contributed by atoms with Gasteiger partial charge < -0.3 is 15.5 Å². The normalized spacial score (nSPS) is 31.3. The Labute approximate surface area is 213 Å². The summed E-state index contributed by atoms with van der Waals surface area (Å²) >= 11 is 0. The van der Waals surface area contributed by atoms with Crippen molar-refractivity contribution in [1.82, 2.24) is 15.1 Å². The highest BCUT2D eigenvalue weighted by Gasteiger charge is 2.35. The fourth-order valence-corrected chi connectivity index (χ4v) is 7.14. The number of rotatable bonds is 7. The van der Waals surface area contributed by atoms with Gasteiger partial charge in [0.1, 0.15) is 6.17 Å². The Kier molecular flexibility index (Phi) is 9.68. The quantitative estimate of drug-likeness (QED) is 0.542. The average Bonchev–Trinajstić information content (AvgIpc) is 2.89. The van der Waals surface area contributed by atoms with Crippen LogP contribution >= 0.6 is 0 Å². The van der Waals surface area contributed by atoms with Crippen molar-refractivity contribution in [2.45, 2.75) is 91.1 Å². The standard InChI is InChI=1S/C29H50N4O2/c1-21(2)26-18-24(22(3)17-25(26)20-31-29(35)23-9-5-4-6-10-23)19-28(34)33-15-13-32(14-16-33)27-11-7-8-12-30-27/h17,21,23-27,30H,4-16,18-20H2,1-3H3,(H,31,35)/p+1/t24-,25-,26-,27?/m0/s1. The molecule has 3 N–H and O–H groups in total. The van der Waals surface area contributed by atoms with Crippen LogP contribution in [0, 0.1) is 29.6 Å². The van der Waals surface area contributed by atoms with Crippen molar-refractivity contribution in [1.29, 1.82) is 0 Å². The number of allylic oxidation sites excluding steroid dienone is 1. The fraction of sp³-hybridized carbons (Fsp3) is 0.862. The van der Waals surface area contributed by atoms with Crippen LogP contribution in [0.25, 0.3) is 0 Å². The van der Waals surface area contributed by atoms with E-state index in [9.17, 15) is 9.59 Å². The summed E-state index contributed by atoms with van der Waals surface area (Å²) in [6.07, 6.45) is 14.5. The van der Waals surface area contributed by atoms with Crippen LogP contribution in [0.3, 0.4) is 0 Å². The van der Waals surface area contributed by atoms with Crippen LogP contribution in [-0.2, 0) is 9.59 Å². The lowest BCUT2D eigenvalue weighted by Crippen LogP contribution is -2.95. The molecule has 0 aromatic rings. The van der Waals surface area contributed by atoms with E-state index in [1.807, 2.05) is 0 Å². The second-order valence-corrected chi connectivity index (χ2v) is 12.2. The molecule has 0 spiro atoms. The lowest BCUT2D eigenvalue weighted by Gasteiger charge is -2.40. The lowest BCUT2D eigenvalue weighted by atomic mass is 9.69. The van der Waals surface area contributed by atoms with E-state index in [2.05, 4.69) is 47.3 Å². The van der Waals surface area contributed by atoms with Gasteiger partial charge in [0.05, 0.1) is 6.54 Å². The molecule has 0 aromatic carbocycles. The first-order valence-corrected chi connectivity index (χ1v) is 14.7. The number of piperazine rings is 1. The fourth-order valence-electron chi connectivity index (χ4n) is 7.14. The van der Waals surface area contributed by atoms with Gasteiger partial charge in [-0.1, -0.05) is 44.8 Å². The van der Waals surface area contributed by atoms with Crippen molar-refractivity contribution in [2.24, 2.45) is 29.6 Å². The van der Waals surface area contributed by atoms with E-state index in [0.717, 1.165) is 52.0 Å². The summed E-state index contributed by atoms with van der Waals surface area (Å²) < 4.78 is 0. The predicted molar refractivity (Wildman–Crippen MR) is 140 cm³/mol. The molecule has 0 bridgehead atoms. The number of hydrogen-bond acceptors (Lipinski definition) is 3. The van der Waals surface area contributed by atoms with E-state index in [4.69, 9.17) is 0 Å². The Hall–Kier alpha value is -1.40. The summed E-state index contributed by atoms with van der Waals surface area (Å²) in [4.78, 5) is 30.7. The van der Waals surface area contributed by atoms with Crippen molar-refractivity contribution in [3.05, 3.63) is 11.6 Å². The van der Waals surface area contributed by atoms with Crippen molar-refractivity contribution in [2.75, 3.05) is 39.3 Å². The molecular formula is C29H51N4O2+. The first-order chi connectivity index (χ1) is 16.9. The average molecular weight is 488 g/mol. The van der Waals surface area contributed by atoms with Gasteiger partial charge in [0.2, 0.25) is 11.8 Å². The van der Waals surface area contributed by atoms with Gasteiger partial charge in [-0.05, 0) is 62.7 Å². The van der Waals surface area contributed by atoms with E-state index >= 15 is 0 Å². The van der Waals surface area contributed by atoms with Gasteiger partial charge in [-0.3, -0.25) is 14.5 Å². The molecule has 0 aromatic heterocycles. The largest absolute Gasteiger partial charge is 0.355 e.